The number of aromatic nitrogens is 3. The summed E-state index contributed by atoms with van der Waals surface area (Å²) in [5.41, 5.74) is 4.04. The predicted octanol–water partition coefficient (Wildman–Crippen LogP) is 3.73. The molecule has 0 N–H and O–H groups in total. The number of fused-ring (bicyclic) bond motifs is 2. The van der Waals surface area contributed by atoms with E-state index in [4.69, 9.17) is 9.84 Å². The van der Waals surface area contributed by atoms with Crippen LogP contribution in [0.1, 0.15) is 39.0 Å². The number of amides is 1. The Bertz CT molecular complexity index is 1120. The molecule has 3 aromatic rings. The van der Waals surface area contributed by atoms with Crippen LogP contribution in [0.15, 0.2) is 30.5 Å². The maximum absolute atomic E-state index is 12.8. The standard InChI is InChI=1S/C22H26N4O3/c1-14(27)25-11-10-18-17(12-25)20(23-24(18)5)16-13-26(21(28)29-22(2,3)4)19-9-7-6-8-15(16)19/h6-9,13H,10-12H2,1-5H3. The first-order valence-corrected chi connectivity index (χ1v) is 9.80. The van der Waals surface area contributed by atoms with E-state index in [1.807, 2.05) is 61.7 Å². The average Bonchev–Trinajstić information content (AvgIpc) is 3.18. The predicted molar refractivity (Wildman–Crippen MR) is 111 cm³/mol. The van der Waals surface area contributed by atoms with E-state index in [0.717, 1.165) is 39.8 Å². The van der Waals surface area contributed by atoms with Crippen LogP contribution >= 0.6 is 0 Å². The van der Waals surface area contributed by atoms with Crippen molar-refractivity contribution in [1.29, 1.82) is 0 Å². The zero-order chi connectivity index (χ0) is 20.9. The third-order valence-electron chi connectivity index (χ3n) is 5.24. The van der Waals surface area contributed by atoms with E-state index in [0.29, 0.717) is 13.1 Å². The minimum atomic E-state index is -0.589. The molecular weight excluding hydrogens is 368 g/mol. The van der Waals surface area contributed by atoms with Crippen molar-refractivity contribution in [2.24, 2.45) is 7.05 Å². The number of hydrogen-bond acceptors (Lipinski definition) is 4. The summed E-state index contributed by atoms with van der Waals surface area (Å²) in [6.45, 7) is 8.37. The van der Waals surface area contributed by atoms with Gasteiger partial charge in [0.15, 0.2) is 0 Å². The van der Waals surface area contributed by atoms with Gasteiger partial charge in [-0.1, -0.05) is 18.2 Å². The molecule has 0 atom stereocenters. The van der Waals surface area contributed by atoms with Crippen LogP contribution in [-0.4, -0.2) is 43.4 Å². The van der Waals surface area contributed by atoms with E-state index in [9.17, 15) is 9.59 Å². The lowest BCUT2D eigenvalue weighted by Gasteiger charge is -2.26. The van der Waals surface area contributed by atoms with Crippen molar-refractivity contribution < 1.29 is 14.3 Å². The SMILES string of the molecule is CC(=O)N1CCc2c(c(-c3cn(C(=O)OC(C)(C)C)c4ccccc34)nn2C)C1. The highest BCUT2D eigenvalue weighted by Gasteiger charge is 2.28. The Hall–Kier alpha value is -3.09. The van der Waals surface area contributed by atoms with Gasteiger partial charge < -0.3 is 9.64 Å². The number of carbonyl (C=O) groups excluding carboxylic acids is 2. The lowest BCUT2D eigenvalue weighted by atomic mass is 10.0. The molecule has 3 heterocycles. The Labute approximate surface area is 169 Å². The van der Waals surface area contributed by atoms with E-state index >= 15 is 0 Å². The van der Waals surface area contributed by atoms with Crippen molar-refractivity contribution in [3.05, 3.63) is 41.7 Å². The number of carbonyl (C=O) groups is 2. The molecule has 0 unspecified atom stereocenters. The lowest BCUT2D eigenvalue weighted by molar-refractivity contribution is -0.129. The number of para-hydroxylation sites is 1. The highest BCUT2D eigenvalue weighted by molar-refractivity contribution is 6.00. The number of aryl methyl sites for hydroxylation is 1. The van der Waals surface area contributed by atoms with Crippen molar-refractivity contribution >= 4 is 22.9 Å². The molecule has 152 valence electrons. The van der Waals surface area contributed by atoms with Gasteiger partial charge in [0, 0.05) is 61.9 Å². The van der Waals surface area contributed by atoms with Crippen LogP contribution in [0.2, 0.25) is 0 Å². The summed E-state index contributed by atoms with van der Waals surface area (Å²) in [6, 6.07) is 7.74. The molecule has 2 aromatic heterocycles. The number of hydrogen-bond donors (Lipinski definition) is 0. The first-order chi connectivity index (χ1) is 13.7. The molecule has 4 rings (SSSR count). The van der Waals surface area contributed by atoms with Crippen molar-refractivity contribution in [3.8, 4) is 11.3 Å². The van der Waals surface area contributed by atoms with Crippen LogP contribution in [-0.2, 0) is 29.5 Å². The molecule has 1 aliphatic heterocycles. The van der Waals surface area contributed by atoms with Crippen molar-refractivity contribution in [2.45, 2.75) is 46.3 Å². The van der Waals surface area contributed by atoms with Gasteiger partial charge in [0.25, 0.3) is 0 Å². The Morgan fingerprint density at radius 3 is 2.59 bits per heavy atom. The fraction of sp³-hybridized carbons (Fsp3) is 0.409. The minimum absolute atomic E-state index is 0.0571. The number of nitrogens with zero attached hydrogens (tertiary/aromatic N) is 4. The van der Waals surface area contributed by atoms with Crippen LogP contribution in [0.3, 0.4) is 0 Å². The first-order valence-electron chi connectivity index (χ1n) is 9.80. The summed E-state index contributed by atoms with van der Waals surface area (Å²) >= 11 is 0. The van der Waals surface area contributed by atoms with E-state index in [1.165, 1.54) is 0 Å². The Morgan fingerprint density at radius 2 is 1.90 bits per heavy atom. The summed E-state index contributed by atoms with van der Waals surface area (Å²) < 4.78 is 9.03. The van der Waals surface area contributed by atoms with Gasteiger partial charge in [-0.25, -0.2) is 4.79 Å². The fourth-order valence-electron chi connectivity index (χ4n) is 3.91. The highest BCUT2D eigenvalue weighted by atomic mass is 16.6. The minimum Gasteiger partial charge on any atom is -0.443 e. The molecule has 1 aliphatic rings. The van der Waals surface area contributed by atoms with Gasteiger partial charge in [-0.2, -0.15) is 5.10 Å². The zero-order valence-electron chi connectivity index (χ0n) is 17.5. The molecule has 0 spiro atoms. The van der Waals surface area contributed by atoms with E-state index < -0.39 is 11.7 Å². The van der Waals surface area contributed by atoms with E-state index in [1.54, 1.807) is 17.7 Å². The smallest absolute Gasteiger partial charge is 0.419 e. The Balaban J connectivity index is 1.86. The normalized spacial score (nSPS) is 14.2. The van der Waals surface area contributed by atoms with Crippen LogP contribution in [0, 0.1) is 0 Å². The van der Waals surface area contributed by atoms with Crippen LogP contribution in [0.5, 0.6) is 0 Å². The van der Waals surface area contributed by atoms with E-state index in [2.05, 4.69) is 0 Å². The molecular formula is C22H26N4O3. The van der Waals surface area contributed by atoms with Gasteiger partial charge in [0.05, 0.1) is 11.2 Å². The van der Waals surface area contributed by atoms with Crippen molar-refractivity contribution in [1.82, 2.24) is 19.2 Å². The van der Waals surface area contributed by atoms with Crippen LogP contribution in [0.25, 0.3) is 22.2 Å². The molecule has 0 saturated carbocycles. The van der Waals surface area contributed by atoms with E-state index in [-0.39, 0.29) is 5.91 Å². The Morgan fingerprint density at radius 1 is 1.17 bits per heavy atom. The van der Waals surface area contributed by atoms with Crippen LogP contribution < -0.4 is 0 Å². The third-order valence-corrected chi connectivity index (χ3v) is 5.24. The summed E-state index contributed by atoms with van der Waals surface area (Å²) in [6.07, 6.45) is 2.15. The van der Waals surface area contributed by atoms with Crippen molar-refractivity contribution in [3.63, 3.8) is 0 Å². The molecule has 29 heavy (non-hydrogen) atoms. The molecule has 0 radical (unpaired) electrons. The van der Waals surface area contributed by atoms with Gasteiger partial charge >= 0.3 is 6.09 Å². The number of rotatable bonds is 1. The topological polar surface area (TPSA) is 69.4 Å². The molecule has 0 bridgehead atoms. The van der Waals surface area contributed by atoms with Gasteiger partial charge in [-0.15, -0.1) is 0 Å². The number of ether oxygens (including phenoxy) is 1. The second-order valence-corrected chi connectivity index (χ2v) is 8.50. The quantitative estimate of drug-likeness (QED) is 0.631. The molecule has 7 heteroatoms. The van der Waals surface area contributed by atoms with Gasteiger partial charge in [0.2, 0.25) is 5.91 Å². The lowest BCUT2D eigenvalue weighted by Crippen LogP contribution is -2.34. The largest absolute Gasteiger partial charge is 0.443 e. The highest BCUT2D eigenvalue weighted by Crippen LogP contribution is 2.35. The second kappa shape index (κ2) is 6.76. The van der Waals surface area contributed by atoms with Gasteiger partial charge in [0.1, 0.15) is 5.60 Å². The molecule has 0 aliphatic carbocycles. The third kappa shape index (κ3) is 3.41. The zero-order valence-corrected chi connectivity index (χ0v) is 17.5. The Kier molecular flexibility index (Phi) is 4.48. The van der Waals surface area contributed by atoms with Gasteiger partial charge in [-0.05, 0) is 26.8 Å². The summed E-state index contributed by atoms with van der Waals surface area (Å²) in [4.78, 5) is 26.6. The molecule has 7 nitrogen and oxygen atoms in total. The van der Waals surface area contributed by atoms with Crippen molar-refractivity contribution in [2.75, 3.05) is 6.54 Å². The monoisotopic (exact) mass is 394 g/mol. The van der Waals surface area contributed by atoms with Crippen LogP contribution in [0.4, 0.5) is 4.79 Å². The maximum atomic E-state index is 12.8. The average molecular weight is 394 g/mol. The summed E-state index contributed by atoms with van der Waals surface area (Å²) in [5.74, 6) is 0.0571. The van der Waals surface area contributed by atoms with Gasteiger partial charge in [-0.3, -0.25) is 14.0 Å². The fourth-order valence-corrected chi connectivity index (χ4v) is 3.91. The second-order valence-electron chi connectivity index (χ2n) is 8.50. The first kappa shape index (κ1) is 19.2. The molecule has 1 amide bonds. The molecule has 1 aromatic carbocycles. The number of benzene rings is 1. The summed E-state index contributed by atoms with van der Waals surface area (Å²) in [7, 11) is 1.93. The molecule has 0 fully saturated rings. The molecule has 0 saturated heterocycles. The maximum Gasteiger partial charge on any atom is 0.419 e. The summed E-state index contributed by atoms with van der Waals surface area (Å²) in [5, 5.41) is 5.70.